The Morgan fingerprint density at radius 1 is 1.24 bits per heavy atom. The first-order valence-corrected chi connectivity index (χ1v) is 8.79. The van der Waals surface area contributed by atoms with Crippen LogP contribution in [0.1, 0.15) is 57.8 Å². The van der Waals surface area contributed by atoms with Crippen molar-refractivity contribution in [3.05, 3.63) is 0 Å². The van der Waals surface area contributed by atoms with E-state index in [9.17, 15) is 4.79 Å². The number of nitrogens with zero attached hydrogens (tertiary/aromatic N) is 1. The first-order valence-electron chi connectivity index (χ1n) is 8.79. The third kappa shape index (κ3) is 5.26. The van der Waals surface area contributed by atoms with Crippen LogP contribution in [0.3, 0.4) is 0 Å². The van der Waals surface area contributed by atoms with Crippen LogP contribution in [-0.2, 0) is 4.79 Å². The number of nitrogens with one attached hydrogen (secondary N) is 1. The van der Waals surface area contributed by atoms with E-state index in [2.05, 4.69) is 17.3 Å². The first-order chi connectivity index (χ1) is 10.1. The maximum Gasteiger partial charge on any atom is 0.220 e. The SMILES string of the molecule is CN1CCC(CCNC(=O)CC2(CN)CCCCC2)CC1. The molecule has 1 saturated carbocycles. The fourth-order valence-corrected chi connectivity index (χ4v) is 3.92. The Kier molecular flexibility index (Phi) is 6.49. The van der Waals surface area contributed by atoms with Crippen molar-refractivity contribution in [1.82, 2.24) is 10.2 Å². The number of nitrogens with two attached hydrogens (primary N) is 1. The summed E-state index contributed by atoms with van der Waals surface area (Å²) in [6.07, 6.45) is 10.4. The zero-order valence-electron chi connectivity index (χ0n) is 13.7. The summed E-state index contributed by atoms with van der Waals surface area (Å²) in [7, 11) is 2.19. The van der Waals surface area contributed by atoms with Gasteiger partial charge in [0.25, 0.3) is 0 Å². The molecular weight excluding hydrogens is 262 g/mol. The third-order valence-corrected chi connectivity index (χ3v) is 5.60. The quantitative estimate of drug-likeness (QED) is 0.789. The summed E-state index contributed by atoms with van der Waals surface area (Å²) in [6, 6.07) is 0. The summed E-state index contributed by atoms with van der Waals surface area (Å²) < 4.78 is 0. The molecule has 2 fully saturated rings. The third-order valence-electron chi connectivity index (χ3n) is 5.60. The van der Waals surface area contributed by atoms with Gasteiger partial charge in [-0.3, -0.25) is 4.79 Å². The van der Waals surface area contributed by atoms with Crippen LogP contribution in [0, 0.1) is 11.3 Å². The average molecular weight is 295 g/mol. The molecule has 1 aliphatic heterocycles. The van der Waals surface area contributed by atoms with Gasteiger partial charge in [-0.2, -0.15) is 0 Å². The van der Waals surface area contributed by atoms with E-state index in [1.165, 1.54) is 45.2 Å². The molecule has 0 aromatic carbocycles. The topological polar surface area (TPSA) is 58.4 Å². The van der Waals surface area contributed by atoms with Crippen molar-refractivity contribution in [2.45, 2.75) is 57.8 Å². The number of carbonyl (C=O) groups is 1. The normalized spacial score (nSPS) is 23.9. The van der Waals surface area contributed by atoms with Crippen LogP contribution in [0.2, 0.25) is 0 Å². The summed E-state index contributed by atoms with van der Waals surface area (Å²) in [5.41, 5.74) is 6.05. The van der Waals surface area contributed by atoms with Gasteiger partial charge in [0.05, 0.1) is 0 Å². The molecule has 0 bridgehead atoms. The molecule has 1 heterocycles. The van der Waals surface area contributed by atoms with Gasteiger partial charge in [0.1, 0.15) is 0 Å². The van der Waals surface area contributed by atoms with Gasteiger partial charge in [-0.15, -0.1) is 0 Å². The zero-order chi connectivity index (χ0) is 15.1. The molecule has 122 valence electrons. The Labute approximate surface area is 129 Å². The van der Waals surface area contributed by atoms with Crippen molar-refractivity contribution in [3.8, 4) is 0 Å². The fraction of sp³-hybridized carbons (Fsp3) is 0.941. The van der Waals surface area contributed by atoms with Crippen molar-refractivity contribution < 1.29 is 4.79 Å². The lowest BCUT2D eigenvalue weighted by Gasteiger charge is -2.35. The van der Waals surface area contributed by atoms with Crippen molar-refractivity contribution in [2.75, 3.05) is 33.2 Å². The van der Waals surface area contributed by atoms with Crippen LogP contribution in [0.25, 0.3) is 0 Å². The Morgan fingerprint density at radius 2 is 1.90 bits per heavy atom. The van der Waals surface area contributed by atoms with Crippen LogP contribution in [0.4, 0.5) is 0 Å². The van der Waals surface area contributed by atoms with Gasteiger partial charge < -0.3 is 16.0 Å². The molecule has 0 unspecified atom stereocenters. The lowest BCUT2D eigenvalue weighted by atomic mass is 9.71. The molecule has 2 rings (SSSR count). The number of piperidine rings is 1. The highest BCUT2D eigenvalue weighted by atomic mass is 16.1. The zero-order valence-corrected chi connectivity index (χ0v) is 13.7. The number of rotatable bonds is 6. The molecule has 1 aliphatic carbocycles. The van der Waals surface area contributed by atoms with Gasteiger partial charge >= 0.3 is 0 Å². The monoisotopic (exact) mass is 295 g/mol. The lowest BCUT2D eigenvalue weighted by molar-refractivity contribution is -0.123. The Hall–Kier alpha value is -0.610. The summed E-state index contributed by atoms with van der Waals surface area (Å²) in [5.74, 6) is 1.01. The minimum absolute atomic E-state index is 0.0931. The minimum Gasteiger partial charge on any atom is -0.356 e. The molecule has 1 saturated heterocycles. The van der Waals surface area contributed by atoms with Crippen LogP contribution in [0.15, 0.2) is 0 Å². The van der Waals surface area contributed by atoms with Crippen LogP contribution >= 0.6 is 0 Å². The Bertz CT molecular complexity index is 318. The van der Waals surface area contributed by atoms with Gasteiger partial charge in [0, 0.05) is 13.0 Å². The van der Waals surface area contributed by atoms with E-state index >= 15 is 0 Å². The van der Waals surface area contributed by atoms with Crippen molar-refractivity contribution in [3.63, 3.8) is 0 Å². The molecule has 2 aliphatic rings. The molecule has 0 aromatic rings. The highest BCUT2D eigenvalue weighted by Gasteiger charge is 2.32. The summed E-state index contributed by atoms with van der Waals surface area (Å²) in [4.78, 5) is 14.6. The molecule has 0 radical (unpaired) electrons. The number of likely N-dealkylation sites (tertiary alicyclic amines) is 1. The Balaban J connectivity index is 1.65. The molecule has 4 nitrogen and oxygen atoms in total. The first kappa shape index (κ1) is 16.8. The molecule has 0 aromatic heterocycles. The van der Waals surface area contributed by atoms with E-state index in [0.717, 1.165) is 31.7 Å². The largest absolute Gasteiger partial charge is 0.356 e. The van der Waals surface area contributed by atoms with Crippen LogP contribution in [0.5, 0.6) is 0 Å². The predicted octanol–water partition coefficient (Wildman–Crippen LogP) is 2.13. The number of carbonyl (C=O) groups excluding carboxylic acids is 1. The molecule has 1 amide bonds. The second kappa shape index (κ2) is 8.14. The second-order valence-corrected chi connectivity index (χ2v) is 7.33. The van der Waals surface area contributed by atoms with Crippen LogP contribution in [-0.4, -0.2) is 44.0 Å². The maximum atomic E-state index is 12.2. The van der Waals surface area contributed by atoms with Crippen molar-refractivity contribution in [2.24, 2.45) is 17.1 Å². The molecule has 0 atom stereocenters. The van der Waals surface area contributed by atoms with Gasteiger partial charge in [-0.25, -0.2) is 0 Å². The van der Waals surface area contributed by atoms with E-state index in [1.807, 2.05) is 0 Å². The lowest BCUT2D eigenvalue weighted by Crippen LogP contribution is -2.39. The molecular formula is C17H33N3O. The predicted molar refractivity (Wildman–Crippen MR) is 87.0 cm³/mol. The summed E-state index contributed by atoms with van der Waals surface area (Å²) >= 11 is 0. The fourth-order valence-electron chi connectivity index (χ4n) is 3.92. The van der Waals surface area contributed by atoms with Crippen molar-refractivity contribution >= 4 is 5.91 Å². The van der Waals surface area contributed by atoms with E-state index in [1.54, 1.807) is 0 Å². The molecule has 4 heteroatoms. The summed E-state index contributed by atoms with van der Waals surface area (Å²) in [6.45, 7) is 3.91. The van der Waals surface area contributed by atoms with E-state index < -0.39 is 0 Å². The van der Waals surface area contributed by atoms with Gasteiger partial charge in [0.2, 0.25) is 5.91 Å². The van der Waals surface area contributed by atoms with E-state index in [-0.39, 0.29) is 11.3 Å². The van der Waals surface area contributed by atoms with E-state index in [4.69, 9.17) is 5.73 Å². The highest BCUT2D eigenvalue weighted by Crippen LogP contribution is 2.38. The Morgan fingerprint density at radius 3 is 2.52 bits per heavy atom. The van der Waals surface area contributed by atoms with Crippen molar-refractivity contribution in [1.29, 1.82) is 0 Å². The highest BCUT2D eigenvalue weighted by molar-refractivity contribution is 5.76. The van der Waals surface area contributed by atoms with Gasteiger partial charge in [0.15, 0.2) is 0 Å². The number of amides is 1. The maximum absolute atomic E-state index is 12.2. The number of hydrogen-bond donors (Lipinski definition) is 2. The molecule has 3 N–H and O–H groups in total. The molecule has 0 spiro atoms. The van der Waals surface area contributed by atoms with Gasteiger partial charge in [-0.1, -0.05) is 19.3 Å². The minimum atomic E-state index is 0.0931. The number of hydrogen-bond acceptors (Lipinski definition) is 3. The smallest absolute Gasteiger partial charge is 0.220 e. The summed E-state index contributed by atoms with van der Waals surface area (Å²) in [5, 5.41) is 3.14. The average Bonchev–Trinajstić information content (AvgIpc) is 2.50. The van der Waals surface area contributed by atoms with E-state index in [0.29, 0.717) is 13.0 Å². The van der Waals surface area contributed by atoms with Gasteiger partial charge in [-0.05, 0) is 70.1 Å². The van der Waals surface area contributed by atoms with Crippen LogP contribution < -0.4 is 11.1 Å². The standard InChI is InChI=1S/C17H33N3O/c1-20-11-6-15(7-12-20)5-10-19-16(21)13-17(14-18)8-3-2-4-9-17/h15H,2-14,18H2,1H3,(H,19,21). The molecule has 21 heavy (non-hydrogen) atoms. The second-order valence-electron chi connectivity index (χ2n) is 7.33.